The molecule has 0 fully saturated rings. The maximum Gasteiger partial charge on any atom is 0.343 e. The van der Waals surface area contributed by atoms with Crippen molar-refractivity contribution in [2.75, 3.05) is 13.2 Å². The Labute approximate surface area is 159 Å². The summed E-state index contributed by atoms with van der Waals surface area (Å²) in [5.74, 6) is -8.00. The topological polar surface area (TPSA) is 98.5 Å². The van der Waals surface area contributed by atoms with Gasteiger partial charge in [0.05, 0.1) is 11.5 Å². The fourth-order valence-electron chi connectivity index (χ4n) is 2.20. The van der Waals surface area contributed by atoms with Crippen LogP contribution in [0, 0.1) is 34.5 Å². The Balaban J connectivity index is 3.52. The minimum Gasteiger partial charge on any atom is -0.462 e. The van der Waals surface area contributed by atoms with Gasteiger partial charge >= 0.3 is 11.7 Å². The quantitative estimate of drug-likeness (QED) is 0.0737. The number of ketones is 1. The van der Waals surface area contributed by atoms with Crippen LogP contribution in [0.25, 0.3) is 0 Å². The van der Waals surface area contributed by atoms with Gasteiger partial charge in [0, 0.05) is 18.3 Å². The Morgan fingerprint density at radius 3 is 2.32 bits per heavy atom. The van der Waals surface area contributed by atoms with Crippen molar-refractivity contribution < 1.29 is 32.4 Å². The highest BCUT2D eigenvalue weighted by Crippen LogP contribution is 2.32. The first-order valence-corrected chi connectivity index (χ1v) is 8.65. The van der Waals surface area contributed by atoms with Crippen LogP contribution in [0.5, 0.6) is 0 Å². The minimum atomic E-state index is -1.98. The van der Waals surface area contributed by atoms with E-state index in [-0.39, 0.29) is 6.61 Å². The molecule has 0 aliphatic heterocycles. The number of halogens is 3. The summed E-state index contributed by atoms with van der Waals surface area (Å²) in [4.78, 5) is 34.7. The summed E-state index contributed by atoms with van der Waals surface area (Å²) in [6, 6.07) is 0. The molecule has 0 radical (unpaired) electrons. The fourth-order valence-corrected chi connectivity index (χ4v) is 2.20. The number of carbonyl (C=O) groups is 2. The van der Waals surface area contributed by atoms with Crippen molar-refractivity contribution in [3.8, 4) is 0 Å². The Kier molecular flexibility index (Phi) is 8.62. The molecule has 0 aliphatic rings. The number of nitrogens with one attached hydrogen (secondary N) is 1. The average Bonchev–Trinajstić information content (AvgIpc) is 2.65. The number of nitro groups is 1. The van der Waals surface area contributed by atoms with Gasteiger partial charge in [-0.25, -0.2) is 13.6 Å². The molecule has 0 aromatic heterocycles. The Morgan fingerprint density at radius 2 is 1.79 bits per heavy atom. The van der Waals surface area contributed by atoms with E-state index in [2.05, 4.69) is 5.32 Å². The lowest BCUT2D eigenvalue weighted by Gasteiger charge is -2.11. The molecule has 1 N–H and O–H groups in total. The Morgan fingerprint density at radius 1 is 1.14 bits per heavy atom. The number of ether oxygens (including phenoxy) is 1. The highest BCUT2D eigenvalue weighted by Gasteiger charge is 2.37. The maximum atomic E-state index is 14.5. The van der Waals surface area contributed by atoms with Gasteiger partial charge in [-0.1, -0.05) is 20.3 Å². The van der Waals surface area contributed by atoms with E-state index in [1.54, 1.807) is 6.92 Å². The summed E-state index contributed by atoms with van der Waals surface area (Å²) in [5, 5.41) is 13.8. The highest BCUT2D eigenvalue weighted by molar-refractivity contribution is 6.25. The van der Waals surface area contributed by atoms with Crippen LogP contribution in [-0.2, 0) is 9.53 Å². The number of hydrogen-bond donors (Lipinski definition) is 1. The minimum absolute atomic E-state index is 0.0326. The number of esters is 1. The van der Waals surface area contributed by atoms with Gasteiger partial charge in [-0.15, -0.1) is 0 Å². The van der Waals surface area contributed by atoms with E-state index in [1.165, 1.54) is 0 Å². The van der Waals surface area contributed by atoms with Gasteiger partial charge in [-0.3, -0.25) is 14.9 Å². The molecule has 1 rings (SSSR count). The van der Waals surface area contributed by atoms with Gasteiger partial charge in [0.1, 0.15) is 17.0 Å². The molecular formula is C18H21F3N2O5. The lowest BCUT2D eigenvalue weighted by atomic mass is 9.98. The molecule has 0 unspecified atom stereocenters. The fraction of sp³-hybridized carbons (Fsp3) is 0.444. The zero-order valence-corrected chi connectivity index (χ0v) is 15.7. The Bertz CT molecular complexity index is 809. The van der Waals surface area contributed by atoms with Crippen molar-refractivity contribution in [1.82, 2.24) is 5.32 Å². The van der Waals surface area contributed by atoms with E-state index < -0.39 is 56.5 Å². The smallest absolute Gasteiger partial charge is 0.343 e. The molecule has 0 spiro atoms. The Hall–Kier alpha value is -2.91. The standard InChI is InChI=1S/C18H21F3N2O5/c1-4-6-8-28-18(25)11(9-22-7-5-2)17(24)12-13(19)10(3)14(20)15(21)16(12)23(26)27/h9,22H,4-8H2,1-3H3. The van der Waals surface area contributed by atoms with Crippen molar-refractivity contribution in [1.29, 1.82) is 0 Å². The number of unbranched alkanes of at least 4 members (excludes halogenated alkanes) is 1. The number of benzene rings is 1. The van der Waals surface area contributed by atoms with Crippen LogP contribution < -0.4 is 5.32 Å². The number of nitro benzene ring substituents is 1. The number of hydrogen-bond acceptors (Lipinski definition) is 6. The van der Waals surface area contributed by atoms with E-state index in [4.69, 9.17) is 4.74 Å². The van der Waals surface area contributed by atoms with Gasteiger partial charge < -0.3 is 10.1 Å². The van der Waals surface area contributed by atoms with E-state index in [1.807, 2.05) is 6.92 Å². The first-order valence-electron chi connectivity index (χ1n) is 8.65. The SMILES string of the molecule is CCCCOC(=O)C(=CNCCC)C(=O)c1c(F)c(C)c(F)c(F)c1[N+](=O)[O-]. The molecule has 1 aromatic carbocycles. The molecule has 0 bridgehead atoms. The predicted molar refractivity (Wildman–Crippen MR) is 94.3 cm³/mol. The van der Waals surface area contributed by atoms with Crippen LogP contribution in [0.3, 0.4) is 0 Å². The normalized spacial score (nSPS) is 11.3. The van der Waals surface area contributed by atoms with Crippen molar-refractivity contribution in [3.05, 3.63) is 50.5 Å². The zero-order chi connectivity index (χ0) is 21.4. The summed E-state index contributed by atoms with van der Waals surface area (Å²) < 4.78 is 47.2. The molecular weight excluding hydrogens is 381 g/mol. The number of nitrogens with zero attached hydrogens (tertiary/aromatic N) is 1. The lowest BCUT2D eigenvalue weighted by molar-refractivity contribution is -0.388. The molecule has 28 heavy (non-hydrogen) atoms. The number of carbonyl (C=O) groups excluding carboxylic acids is 2. The molecule has 154 valence electrons. The van der Waals surface area contributed by atoms with Gasteiger partial charge in [0.25, 0.3) is 0 Å². The van der Waals surface area contributed by atoms with Crippen LogP contribution >= 0.6 is 0 Å². The first-order chi connectivity index (χ1) is 13.2. The van der Waals surface area contributed by atoms with E-state index in [0.717, 1.165) is 13.1 Å². The third-order valence-corrected chi connectivity index (χ3v) is 3.76. The van der Waals surface area contributed by atoms with Gasteiger partial charge in [0.2, 0.25) is 11.6 Å². The summed E-state index contributed by atoms with van der Waals surface area (Å²) in [7, 11) is 0. The number of rotatable bonds is 10. The van der Waals surface area contributed by atoms with E-state index >= 15 is 0 Å². The van der Waals surface area contributed by atoms with Gasteiger partial charge in [-0.2, -0.15) is 4.39 Å². The van der Waals surface area contributed by atoms with Crippen molar-refractivity contribution >= 4 is 17.4 Å². The van der Waals surface area contributed by atoms with E-state index in [0.29, 0.717) is 25.8 Å². The summed E-state index contributed by atoms with van der Waals surface area (Å²) >= 11 is 0. The molecule has 1 aromatic rings. The molecule has 0 saturated carbocycles. The van der Waals surface area contributed by atoms with Crippen LogP contribution in [0.1, 0.15) is 49.0 Å². The van der Waals surface area contributed by atoms with Crippen LogP contribution in [-0.4, -0.2) is 29.8 Å². The average molecular weight is 402 g/mol. The molecule has 0 amide bonds. The van der Waals surface area contributed by atoms with Gasteiger partial charge in [0.15, 0.2) is 5.82 Å². The predicted octanol–water partition coefficient (Wildman–Crippen LogP) is 3.73. The highest BCUT2D eigenvalue weighted by atomic mass is 19.2. The first kappa shape index (κ1) is 23.1. The maximum absolute atomic E-state index is 14.5. The summed E-state index contributed by atoms with van der Waals surface area (Å²) in [6.45, 7) is 4.76. The summed E-state index contributed by atoms with van der Waals surface area (Å²) in [6.07, 6.45) is 2.73. The van der Waals surface area contributed by atoms with Gasteiger partial charge in [-0.05, 0) is 19.8 Å². The third kappa shape index (κ3) is 5.08. The van der Waals surface area contributed by atoms with E-state index in [9.17, 15) is 32.9 Å². The van der Waals surface area contributed by atoms with Crippen LogP contribution in [0.2, 0.25) is 0 Å². The monoisotopic (exact) mass is 402 g/mol. The van der Waals surface area contributed by atoms with Crippen molar-refractivity contribution in [2.24, 2.45) is 0 Å². The summed E-state index contributed by atoms with van der Waals surface area (Å²) in [5.41, 5.74) is -4.67. The molecule has 0 saturated heterocycles. The largest absolute Gasteiger partial charge is 0.462 e. The molecule has 0 aliphatic carbocycles. The molecule has 0 heterocycles. The second-order valence-corrected chi connectivity index (χ2v) is 5.88. The molecule has 10 heteroatoms. The van der Waals surface area contributed by atoms with Crippen LogP contribution in [0.4, 0.5) is 18.9 Å². The molecule has 0 atom stereocenters. The second kappa shape index (κ2) is 10.4. The molecule has 7 nitrogen and oxygen atoms in total. The van der Waals surface area contributed by atoms with Crippen LogP contribution in [0.15, 0.2) is 11.8 Å². The third-order valence-electron chi connectivity index (χ3n) is 3.76. The second-order valence-electron chi connectivity index (χ2n) is 5.88. The van der Waals surface area contributed by atoms with Crippen molar-refractivity contribution in [2.45, 2.75) is 40.0 Å². The zero-order valence-electron chi connectivity index (χ0n) is 15.7. The van der Waals surface area contributed by atoms with Crippen molar-refractivity contribution in [3.63, 3.8) is 0 Å². The number of Topliss-reactive ketones (excluding diaryl/α,β-unsaturated/α-hetero) is 1. The lowest BCUT2D eigenvalue weighted by Crippen LogP contribution is -2.23.